The van der Waals surface area contributed by atoms with Crippen molar-refractivity contribution in [3.05, 3.63) is 30.5 Å². The molecule has 1 atom stereocenters. The Bertz CT molecular complexity index is 643. The van der Waals surface area contributed by atoms with Crippen molar-refractivity contribution in [1.29, 1.82) is 0 Å². The topological polar surface area (TPSA) is 66.1 Å². The first-order valence-corrected chi connectivity index (χ1v) is 7.66. The van der Waals surface area contributed by atoms with E-state index in [4.69, 9.17) is 4.52 Å². The van der Waals surface area contributed by atoms with Crippen LogP contribution in [0.4, 0.5) is 0 Å². The van der Waals surface area contributed by atoms with Crippen LogP contribution in [0.25, 0.3) is 10.9 Å². The molecule has 0 spiro atoms. The van der Waals surface area contributed by atoms with E-state index in [1.165, 1.54) is 10.9 Å². The number of fused-ring (bicyclic) bond motifs is 1. The predicted molar refractivity (Wildman–Crippen MR) is 70.9 cm³/mol. The second-order valence-electron chi connectivity index (χ2n) is 4.89. The summed E-state index contributed by atoms with van der Waals surface area (Å²) in [5.74, 6) is 0.157. The van der Waals surface area contributed by atoms with Crippen molar-refractivity contribution in [2.24, 2.45) is 13.0 Å². The fourth-order valence-corrected chi connectivity index (χ4v) is 3.18. The highest BCUT2D eigenvalue weighted by molar-refractivity contribution is 7.60. The minimum absolute atomic E-state index is 0.157. The van der Waals surface area contributed by atoms with Crippen LogP contribution >= 0.6 is 7.60 Å². The van der Waals surface area contributed by atoms with Crippen LogP contribution in [0.1, 0.15) is 13.8 Å². The molecule has 0 radical (unpaired) electrons. The van der Waals surface area contributed by atoms with Crippen LogP contribution in [0.15, 0.2) is 30.5 Å². The Balaban J connectivity index is 2.52. The van der Waals surface area contributed by atoms with Gasteiger partial charge in [-0.1, -0.05) is 36.7 Å². The van der Waals surface area contributed by atoms with Gasteiger partial charge in [0.15, 0.2) is 14.6 Å². The van der Waals surface area contributed by atoms with E-state index in [0.717, 1.165) is 0 Å². The van der Waals surface area contributed by atoms with E-state index in [-0.39, 0.29) is 17.8 Å². The van der Waals surface area contributed by atoms with E-state index in [9.17, 15) is 9.46 Å². The second kappa shape index (κ2) is 5.37. The Morgan fingerprint density at radius 1 is 1.42 bits per heavy atom. The molecule has 5 nitrogen and oxygen atoms in total. The molecule has 2 rings (SSSR count). The van der Waals surface area contributed by atoms with Gasteiger partial charge < -0.3 is 14.0 Å². The Kier molecular flexibility index (Phi) is 3.99. The summed E-state index contributed by atoms with van der Waals surface area (Å²) in [4.78, 5) is 12.3. The lowest BCUT2D eigenvalue weighted by molar-refractivity contribution is -0.727. The number of aromatic nitrogens is 2. The van der Waals surface area contributed by atoms with Gasteiger partial charge in [-0.05, 0) is 17.1 Å². The molecule has 1 heterocycles. The van der Waals surface area contributed by atoms with E-state index in [1.807, 2.05) is 19.9 Å². The molecule has 0 aliphatic heterocycles. The first kappa shape index (κ1) is 14.1. The van der Waals surface area contributed by atoms with Crippen molar-refractivity contribution >= 4 is 23.8 Å². The third-order valence-corrected chi connectivity index (χ3v) is 4.06. The maximum absolute atomic E-state index is 12.3. The average Bonchev–Trinajstić information content (AvgIpc) is 2.35. The van der Waals surface area contributed by atoms with Gasteiger partial charge in [-0.3, -0.25) is 0 Å². The molecule has 0 saturated heterocycles. The van der Waals surface area contributed by atoms with Crippen LogP contribution < -0.4 is 14.9 Å². The highest BCUT2D eigenvalue weighted by Gasteiger charge is 2.21. The molecule has 1 aromatic heterocycles. The van der Waals surface area contributed by atoms with Gasteiger partial charge in [0, 0.05) is 5.39 Å². The number of nitrogens with zero attached hydrogens (tertiary/aromatic N) is 2. The molecule has 1 aromatic carbocycles. The van der Waals surface area contributed by atoms with Crippen LogP contribution in [-0.2, 0) is 16.1 Å². The maximum Gasteiger partial charge on any atom is 0.208 e. The highest BCUT2D eigenvalue weighted by Crippen LogP contribution is 2.37. The largest absolute Gasteiger partial charge is 0.775 e. The molecule has 2 aromatic rings. The normalized spacial score (nSPS) is 14.8. The number of hydrogen-bond donors (Lipinski definition) is 0. The average molecular weight is 280 g/mol. The third-order valence-electron chi connectivity index (χ3n) is 2.63. The zero-order chi connectivity index (χ0) is 14.0. The van der Waals surface area contributed by atoms with Crippen LogP contribution in [-0.4, -0.2) is 11.7 Å². The van der Waals surface area contributed by atoms with Crippen molar-refractivity contribution in [3.63, 3.8) is 0 Å². The van der Waals surface area contributed by atoms with Crippen LogP contribution in [0.3, 0.4) is 0 Å². The van der Waals surface area contributed by atoms with Gasteiger partial charge in [0.2, 0.25) is 6.20 Å². The lowest BCUT2D eigenvalue weighted by atomic mass is 10.2. The summed E-state index contributed by atoms with van der Waals surface area (Å²) in [6.07, 6.45) is 1.48. The SMILES string of the molecule is CC(C)COP(=O)([O-])c1c[n+](C)nc2ccccc12. The summed E-state index contributed by atoms with van der Waals surface area (Å²) in [5, 5.41) is 5.01. The molecule has 19 heavy (non-hydrogen) atoms. The minimum Gasteiger partial charge on any atom is -0.775 e. The molecular weight excluding hydrogens is 263 g/mol. The number of rotatable bonds is 4. The van der Waals surface area contributed by atoms with E-state index < -0.39 is 7.60 Å². The van der Waals surface area contributed by atoms with Crippen LogP contribution in [0.5, 0.6) is 0 Å². The molecule has 6 heteroatoms. The minimum atomic E-state index is -4.08. The monoisotopic (exact) mass is 280 g/mol. The Morgan fingerprint density at radius 3 is 2.79 bits per heavy atom. The second-order valence-corrected chi connectivity index (χ2v) is 6.63. The molecule has 0 amide bonds. The fraction of sp³-hybridized carbons (Fsp3) is 0.385. The summed E-state index contributed by atoms with van der Waals surface area (Å²) in [5.41, 5.74) is 0.631. The van der Waals surface area contributed by atoms with Crippen molar-refractivity contribution in [2.75, 3.05) is 6.61 Å². The van der Waals surface area contributed by atoms with Gasteiger partial charge in [-0.15, -0.1) is 0 Å². The van der Waals surface area contributed by atoms with Crippen molar-refractivity contribution in [3.8, 4) is 0 Å². The summed E-state index contributed by atoms with van der Waals surface area (Å²) in [6.45, 7) is 4.00. The molecule has 1 unspecified atom stereocenters. The van der Waals surface area contributed by atoms with Crippen molar-refractivity contribution in [1.82, 2.24) is 5.10 Å². The highest BCUT2D eigenvalue weighted by atomic mass is 31.2. The predicted octanol–water partition coefficient (Wildman–Crippen LogP) is 0.911. The molecule has 102 valence electrons. The van der Waals surface area contributed by atoms with Gasteiger partial charge in [0.05, 0.1) is 11.9 Å². The molecule has 0 fully saturated rings. The van der Waals surface area contributed by atoms with Gasteiger partial charge in [-0.2, -0.15) is 0 Å². The number of hydrogen-bond acceptors (Lipinski definition) is 4. The zero-order valence-corrected chi connectivity index (χ0v) is 12.1. The zero-order valence-electron chi connectivity index (χ0n) is 11.2. The number of aryl methyl sites for hydroxylation is 1. The van der Waals surface area contributed by atoms with E-state index in [1.54, 1.807) is 25.2 Å². The Hall–Kier alpha value is -1.29. The van der Waals surface area contributed by atoms with Crippen LogP contribution in [0.2, 0.25) is 0 Å². The first-order valence-electron chi connectivity index (χ1n) is 6.12. The van der Waals surface area contributed by atoms with Crippen LogP contribution in [0, 0.1) is 5.92 Å². The molecule has 0 aliphatic rings. The standard InChI is InChI=1S/C13H17N2O3P/c1-10(2)9-18-19(16,17)13-8-15(3)14-12-7-5-4-6-11(12)13/h4-8,10H,9H2,1-3H3. The summed E-state index contributed by atoms with van der Waals surface area (Å²) in [7, 11) is -2.39. The molecule has 0 N–H and O–H groups in total. The summed E-state index contributed by atoms with van der Waals surface area (Å²) < 4.78 is 18.9. The van der Waals surface area contributed by atoms with Gasteiger partial charge in [-0.25, -0.2) is 0 Å². The molecule has 0 bridgehead atoms. The van der Waals surface area contributed by atoms with Gasteiger partial charge >= 0.3 is 0 Å². The van der Waals surface area contributed by atoms with Crippen molar-refractivity contribution in [2.45, 2.75) is 13.8 Å². The quantitative estimate of drug-likeness (QED) is 0.617. The summed E-state index contributed by atoms with van der Waals surface area (Å²) in [6, 6.07) is 7.13. The lowest BCUT2D eigenvalue weighted by Gasteiger charge is -2.24. The number of benzene rings is 1. The molecular formula is C13H17N2O3P. The van der Waals surface area contributed by atoms with E-state index in [0.29, 0.717) is 10.9 Å². The Labute approximate surface area is 112 Å². The first-order chi connectivity index (χ1) is 8.90. The summed E-state index contributed by atoms with van der Waals surface area (Å²) >= 11 is 0. The van der Waals surface area contributed by atoms with E-state index >= 15 is 0 Å². The fourth-order valence-electron chi connectivity index (χ4n) is 1.76. The van der Waals surface area contributed by atoms with Gasteiger partial charge in [0.25, 0.3) is 0 Å². The third kappa shape index (κ3) is 3.18. The smallest absolute Gasteiger partial charge is 0.208 e. The maximum atomic E-state index is 12.3. The molecule has 0 saturated carbocycles. The van der Waals surface area contributed by atoms with Gasteiger partial charge in [0.1, 0.15) is 5.52 Å². The van der Waals surface area contributed by atoms with Crippen molar-refractivity contribution < 1.29 is 18.7 Å². The Morgan fingerprint density at radius 2 is 2.11 bits per heavy atom. The lowest BCUT2D eigenvalue weighted by Crippen LogP contribution is -2.38. The van der Waals surface area contributed by atoms with E-state index in [2.05, 4.69) is 5.10 Å². The molecule has 0 aliphatic carbocycles.